The second-order valence-electron chi connectivity index (χ2n) is 10.9. The summed E-state index contributed by atoms with van der Waals surface area (Å²) in [5.41, 5.74) is 1.44. The lowest BCUT2D eigenvalue weighted by atomic mass is 9.94. The lowest BCUT2D eigenvalue weighted by molar-refractivity contribution is 0.0180. The van der Waals surface area contributed by atoms with E-state index in [1.165, 1.54) is 17.4 Å². The molecule has 3 aromatic heterocycles. The topological polar surface area (TPSA) is 113 Å². The molecule has 4 rings (SSSR count). The first kappa shape index (κ1) is 28.1. The molecule has 0 aliphatic carbocycles. The number of piperidine rings is 1. The molecule has 11 heteroatoms. The van der Waals surface area contributed by atoms with E-state index in [-0.39, 0.29) is 12.1 Å². The van der Waals surface area contributed by atoms with Crippen LogP contribution in [0, 0.1) is 18.7 Å². The Morgan fingerprint density at radius 1 is 1.26 bits per heavy atom. The van der Waals surface area contributed by atoms with Crippen molar-refractivity contribution in [2.24, 2.45) is 5.92 Å². The minimum atomic E-state index is -0.966. The molecule has 1 aliphatic rings. The number of fused-ring (bicyclic) bond motifs is 1. The fraction of sp³-hybridized carbons (Fsp3) is 0.556. The van der Waals surface area contributed by atoms with Gasteiger partial charge in [0.15, 0.2) is 0 Å². The van der Waals surface area contributed by atoms with E-state index < -0.39 is 17.6 Å². The molecule has 3 aromatic rings. The number of aryl methyl sites for hydroxylation is 1. The lowest BCUT2D eigenvalue weighted by Crippen LogP contribution is -2.42. The quantitative estimate of drug-likeness (QED) is 0.327. The van der Waals surface area contributed by atoms with E-state index in [0.717, 1.165) is 40.6 Å². The number of aliphatic hydroxyl groups excluding tert-OH is 1. The Labute approximate surface area is 226 Å². The summed E-state index contributed by atoms with van der Waals surface area (Å²) in [6.07, 6.45) is 4.23. The average molecular weight is 545 g/mol. The summed E-state index contributed by atoms with van der Waals surface area (Å²) >= 11 is 1.54. The molecule has 3 N–H and O–H groups in total. The maximum Gasteiger partial charge on any atom is 0.410 e. The number of rotatable bonds is 8. The Kier molecular flexibility index (Phi) is 8.79. The average Bonchev–Trinajstić information content (AvgIpc) is 3.22. The van der Waals surface area contributed by atoms with Gasteiger partial charge in [-0.15, -0.1) is 11.3 Å². The predicted molar refractivity (Wildman–Crippen MR) is 146 cm³/mol. The zero-order valence-corrected chi connectivity index (χ0v) is 23.4. The van der Waals surface area contributed by atoms with Crippen molar-refractivity contribution in [1.29, 1.82) is 0 Å². The SMILES string of the molecule is Cc1cc2nc(N[C@@H](C)c3cncc(F)c3)nc(C(O)NCCC3CCN(C(=O)OC(C)(C)C)CC3)c2s1. The van der Waals surface area contributed by atoms with Gasteiger partial charge in [-0.3, -0.25) is 10.3 Å². The first-order chi connectivity index (χ1) is 18.0. The van der Waals surface area contributed by atoms with Gasteiger partial charge in [0.2, 0.25) is 5.95 Å². The molecule has 0 spiro atoms. The number of anilines is 1. The highest BCUT2D eigenvalue weighted by atomic mass is 32.1. The Morgan fingerprint density at radius 2 is 2.00 bits per heavy atom. The van der Waals surface area contributed by atoms with E-state index >= 15 is 0 Å². The number of pyridine rings is 1. The van der Waals surface area contributed by atoms with Crippen LogP contribution in [-0.4, -0.2) is 56.3 Å². The first-order valence-corrected chi connectivity index (χ1v) is 13.8. The zero-order valence-electron chi connectivity index (χ0n) is 22.6. The van der Waals surface area contributed by atoms with Crippen LogP contribution in [0.25, 0.3) is 10.2 Å². The van der Waals surface area contributed by atoms with Gasteiger partial charge >= 0.3 is 6.09 Å². The first-order valence-electron chi connectivity index (χ1n) is 13.0. The van der Waals surface area contributed by atoms with Gasteiger partial charge in [0, 0.05) is 24.2 Å². The third-order valence-electron chi connectivity index (χ3n) is 6.51. The molecule has 0 saturated carbocycles. The van der Waals surface area contributed by atoms with Crippen molar-refractivity contribution in [3.8, 4) is 0 Å². The van der Waals surface area contributed by atoms with Crippen LogP contribution in [-0.2, 0) is 4.74 Å². The van der Waals surface area contributed by atoms with Crippen LogP contribution in [0.15, 0.2) is 24.5 Å². The van der Waals surface area contributed by atoms with Gasteiger partial charge < -0.3 is 20.1 Å². The Hall–Kier alpha value is -2.89. The molecule has 0 radical (unpaired) electrons. The number of amides is 1. The van der Waals surface area contributed by atoms with E-state index in [4.69, 9.17) is 4.74 Å². The standard InChI is InChI=1S/C27H37FN6O3S/c1-16-12-21-23(38-16)22(33-25(32-21)31-17(2)19-13-20(28)15-29-14-19)24(35)30-9-6-18-7-10-34(11-8-18)26(36)37-27(3,4)5/h12-15,17-18,24,30,35H,6-11H2,1-5H3,(H,31,32,33)/t17-,24?/m0/s1. The second-order valence-corrected chi connectivity index (χ2v) is 12.1. The largest absolute Gasteiger partial charge is 0.444 e. The summed E-state index contributed by atoms with van der Waals surface area (Å²) in [6, 6.07) is 3.11. The minimum Gasteiger partial charge on any atom is -0.444 e. The van der Waals surface area contributed by atoms with Gasteiger partial charge in [-0.2, -0.15) is 0 Å². The molecule has 206 valence electrons. The molecule has 1 aliphatic heterocycles. The van der Waals surface area contributed by atoms with Crippen molar-refractivity contribution in [3.05, 3.63) is 46.5 Å². The van der Waals surface area contributed by atoms with Crippen molar-refractivity contribution in [3.63, 3.8) is 0 Å². The third-order valence-corrected chi connectivity index (χ3v) is 7.57. The monoisotopic (exact) mass is 544 g/mol. The highest BCUT2D eigenvalue weighted by Gasteiger charge is 2.27. The van der Waals surface area contributed by atoms with Crippen molar-refractivity contribution in [1.82, 2.24) is 25.2 Å². The van der Waals surface area contributed by atoms with E-state index in [9.17, 15) is 14.3 Å². The van der Waals surface area contributed by atoms with Gasteiger partial charge in [0.1, 0.15) is 23.3 Å². The normalized spacial score (nSPS) is 16.4. The number of nitrogens with one attached hydrogen (secondary N) is 2. The Balaban J connectivity index is 1.35. The molecule has 0 bridgehead atoms. The summed E-state index contributed by atoms with van der Waals surface area (Å²) in [5.74, 6) is 0.412. The van der Waals surface area contributed by atoms with Crippen LogP contribution in [0.4, 0.5) is 15.1 Å². The molecule has 2 atom stereocenters. The highest BCUT2D eigenvalue weighted by molar-refractivity contribution is 7.19. The van der Waals surface area contributed by atoms with E-state index in [1.807, 2.05) is 40.7 Å². The number of thiophene rings is 1. The highest BCUT2D eigenvalue weighted by Crippen LogP contribution is 2.31. The smallest absolute Gasteiger partial charge is 0.410 e. The third kappa shape index (κ3) is 7.36. The number of carbonyl (C=O) groups excluding carboxylic acids is 1. The molecule has 9 nitrogen and oxygen atoms in total. The van der Waals surface area contributed by atoms with Gasteiger partial charge in [-0.1, -0.05) is 0 Å². The van der Waals surface area contributed by atoms with Crippen LogP contribution < -0.4 is 10.6 Å². The number of aliphatic hydroxyl groups is 1. The van der Waals surface area contributed by atoms with Crippen molar-refractivity contribution in [2.45, 2.75) is 71.8 Å². The van der Waals surface area contributed by atoms with Crippen molar-refractivity contribution < 1.29 is 19.0 Å². The molecule has 1 amide bonds. The van der Waals surface area contributed by atoms with Crippen LogP contribution in [0.3, 0.4) is 0 Å². The van der Waals surface area contributed by atoms with E-state index in [1.54, 1.807) is 11.1 Å². The number of halogens is 1. The molecule has 4 heterocycles. The maximum atomic E-state index is 13.6. The summed E-state index contributed by atoms with van der Waals surface area (Å²) in [6.45, 7) is 11.5. The molecule has 1 unspecified atom stereocenters. The number of ether oxygens (including phenoxy) is 1. The summed E-state index contributed by atoms with van der Waals surface area (Å²) in [4.78, 5) is 28.3. The number of nitrogens with zero attached hydrogens (tertiary/aromatic N) is 4. The van der Waals surface area contributed by atoms with Crippen molar-refractivity contribution >= 4 is 33.6 Å². The fourth-order valence-electron chi connectivity index (χ4n) is 4.51. The Morgan fingerprint density at radius 3 is 2.68 bits per heavy atom. The summed E-state index contributed by atoms with van der Waals surface area (Å²) in [7, 11) is 0. The second kappa shape index (κ2) is 11.9. The molecule has 0 aromatic carbocycles. The number of aromatic nitrogens is 3. The molecular formula is C27H37FN6O3S. The van der Waals surface area contributed by atoms with Gasteiger partial charge in [0.25, 0.3) is 0 Å². The van der Waals surface area contributed by atoms with Crippen LogP contribution >= 0.6 is 11.3 Å². The van der Waals surface area contributed by atoms with E-state index in [0.29, 0.717) is 42.8 Å². The van der Waals surface area contributed by atoms with E-state index in [2.05, 4.69) is 25.6 Å². The Bertz CT molecular complexity index is 1260. The van der Waals surface area contributed by atoms with Crippen LogP contribution in [0.5, 0.6) is 0 Å². The number of hydrogen-bond acceptors (Lipinski definition) is 9. The number of carbonyl (C=O) groups is 1. The lowest BCUT2D eigenvalue weighted by Gasteiger charge is -2.33. The van der Waals surface area contributed by atoms with Crippen LogP contribution in [0.2, 0.25) is 0 Å². The number of hydrogen-bond donors (Lipinski definition) is 3. The van der Waals surface area contributed by atoms with Gasteiger partial charge in [-0.05, 0) is 84.0 Å². The molecular weight excluding hydrogens is 507 g/mol. The maximum absolute atomic E-state index is 13.6. The number of likely N-dealkylation sites (tertiary alicyclic amines) is 1. The molecule has 38 heavy (non-hydrogen) atoms. The summed E-state index contributed by atoms with van der Waals surface area (Å²) < 4.78 is 19.9. The zero-order chi connectivity index (χ0) is 27.4. The van der Waals surface area contributed by atoms with Gasteiger partial charge in [0.05, 0.1) is 22.5 Å². The van der Waals surface area contributed by atoms with Crippen molar-refractivity contribution in [2.75, 3.05) is 25.0 Å². The van der Waals surface area contributed by atoms with Crippen LogP contribution in [0.1, 0.15) is 75.4 Å². The van der Waals surface area contributed by atoms with Gasteiger partial charge in [-0.25, -0.2) is 19.2 Å². The summed E-state index contributed by atoms with van der Waals surface area (Å²) in [5, 5.41) is 17.5. The fourth-order valence-corrected chi connectivity index (χ4v) is 5.48. The molecule has 1 saturated heterocycles. The predicted octanol–water partition coefficient (Wildman–Crippen LogP) is 5.32. The minimum absolute atomic E-state index is 0.254. The molecule has 1 fully saturated rings.